The molecule has 0 aromatic carbocycles. The Balaban J connectivity index is 1.84. The molecule has 0 bridgehead atoms. The summed E-state index contributed by atoms with van der Waals surface area (Å²) in [5.41, 5.74) is 0. The molecule has 1 N–H and O–H groups in total. The first kappa shape index (κ1) is 34.2. The largest absolute Gasteiger partial charge is 0.254 e. The zero-order valence-corrected chi connectivity index (χ0v) is 26.0. The molecule has 0 spiro atoms. The van der Waals surface area contributed by atoms with E-state index in [-0.39, 0.29) is 0 Å². The van der Waals surface area contributed by atoms with Gasteiger partial charge in [-0.25, -0.2) is 9.55 Å². The number of nitrogens with one attached hydrogen (secondary N) is 1. The highest BCUT2D eigenvalue weighted by atomic mass is 15.1. The molecule has 0 saturated carbocycles. The Morgan fingerprint density at radius 3 is 1.41 bits per heavy atom. The summed E-state index contributed by atoms with van der Waals surface area (Å²) in [6.45, 7) is 8.20. The fourth-order valence-electron chi connectivity index (χ4n) is 5.73. The van der Waals surface area contributed by atoms with Crippen molar-refractivity contribution < 1.29 is 4.57 Å². The Bertz CT molecular complexity index is 561. The van der Waals surface area contributed by atoms with Crippen molar-refractivity contribution in [1.82, 2.24) is 4.98 Å². The van der Waals surface area contributed by atoms with Crippen LogP contribution < -0.4 is 4.57 Å². The molecular weight excluding hydrogens is 448 g/mol. The van der Waals surface area contributed by atoms with E-state index in [1.807, 2.05) is 0 Å². The van der Waals surface area contributed by atoms with Crippen LogP contribution in [0, 0.1) is 5.92 Å². The van der Waals surface area contributed by atoms with E-state index in [9.17, 15) is 0 Å². The maximum Gasteiger partial charge on any atom is 0.254 e. The van der Waals surface area contributed by atoms with Crippen LogP contribution in [0.15, 0.2) is 12.4 Å². The van der Waals surface area contributed by atoms with Gasteiger partial charge in [-0.2, -0.15) is 0 Å². The number of aryl methyl sites for hydroxylation is 2. The number of hydrogen-bond acceptors (Lipinski definition) is 0. The zero-order chi connectivity index (χ0) is 26.7. The SMILES string of the molecule is CCCCCCCCCCCCC[n+]1cc[nH]c1CCCCCCCCCCCCCCCCC(C)C. The van der Waals surface area contributed by atoms with Gasteiger partial charge in [0.1, 0.15) is 12.4 Å². The smallest absolute Gasteiger partial charge is 0.248 e. The average Bonchev–Trinajstić information content (AvgIpc) is 3.34. The van der Waals surface area contributed by atoms with Crippen LogP contribution in [0.25, 0.3) is 0 Å². The normalized spacial score (nSPS) is 11.7. The summed E-state index contributed by atoms with van der Waals surface area (Å²) in [6.07, 6.45) is 43.0. The molecule has 37 heavy (non-hydrogen) atoms. The van der Waals surface area contributed by atoms with Crippen molar-refractivity contribution in [3.8, 4) is 0 Å². The van der Waals surface area contributed by atoms with E-state index >= 15 is 0 Å². The highest BCUT2D eigenvalue weighted by Gasteiger charge is 2.09. The van der Waals surface area contributed by atoms with Gasteiger partial charge in [-0.1, -0.05) is 168 Å². The summed E-state index contributed by atoms with van der Waals surface area (Å²) in [6, 6.07) is 0. The lowest BCUT2D eigenvalue weighted by molar-refractivity contribution is -0.703. The third kappa shape index (κ3) is 22.9. The Hall–Kier alpha value is -0.790. The van der Waals surface area contributed by atoms with Crippen molar-refractivity contribution in [1.29, 1.82) is 0 Å². The molecule has 0 aliphatic carbocycles. The van der Waals surface area contributed by atoms with Crippen LogP contribution >= 0.6 is 0 Å². The van der Waals surface area contributed by atoms with Gasteiger partial charge in [-0.05, 0) is 25.2 Å². The monoisotopic (exact) mass is 518 g/mol. The Morgan fingerprint density at radius 1 is 0.541 bits per heavy atom. The second-order valence-electron chi connectivity index (χ2n) is 12.5. The van der Waals surface area contributed by atoms with Gasteiger partial charge >= 0.3 is 0 Å². The van der Waals surface area contributed by atoms with Crippen LogP contribution in [0.5, 0.6) is 0 Å². The summed E-state index contributed by atoms with van der Waals surface area (Å²) < 4.78 is 2.49. The predicted octanol–water partition coefficient (Wildman–Crippen LogP) is 11.7. The highest BCUT2D eigenvalue weighted by molar-refractivity contribution is 4.77. The van der Waals surface area contributed by atoms with Gasteiger partial charge in [0.15, 0.2) is 0 Å². The maximum atomic E-state index is 3.51. The number of aromatic nitrogens is 2. The van der Waals surface area contributed by atoms with Gasteiger partial charge in [0.25, 0.3) is 5.82 Å². The molecule has 0 aliphatic rings. The lowest BCUT2D eigenvalue weighted by Crippen LogP contribution is -2.36. The minimum atomic E-state index is 0.889. The second-order valence-corrected chi connectivity index (χ2v) is 12.5. The number of nitrogens with zero attached hydrogens (tertiary/aromatic N) is 1. The molecule has 1 aromatic heterocycles. The van der Waals surface area contributed by atoms with Gasteiger partial charge < -0.3 is 0 Å². The van der Waals surface area contributed by atoms with E-state index in [2.05, 4.69) is 42.7 Å². The van der Waals surface area contributed by atoms with E-state index in [4.69, 9.17) is 0 Å². The molecule has 218 valence electrons. The number of aromatic amines is 1. The van der Waals surface area contributed by atoms with E-state index in [0.717, 1.165) is 5.92 Å². The molecule has 2 nitrogen and oxygen atoms in total. The number of imidazole rings is 1. The van der Waals surface area contributed by atoms with Gasteiger partial charge in [0.05, 0.1) is 6.54 Å². The fraction of sp³-hybridized carbons (Fsp3) is 0.914. The molecule has 1 heterocycles. The predicted molar refractivity (Wildman–Crippen MR) is 165 cm³/mol. The van der Waals surface area contributed by atoms with E-state index < -0.39 is 0 Å². The minimum Gasteiger partial charge on any atom is -0.248 e. The molecule has 0 atom stereocenters. The number of unbranched alkanes of at least 4 members (excludes halogenated alkanes) is 23. The molecule has 1 rings (SSSR count). The number of hydrogen-bond donors (Lipinski definition) is 1. The van der Waals surface area contributed by atoms with Crippen molar-refractivity contribution in [2.45, 2.75) is 201 Å². The van der Waals surface area contributed by atoms with Crippen molar-refractivity contribution in [2.75, 3.05) is 0 Å². The number of H-pyrrole nitrogens is 1. The molecule has 0 unspecified atom stereocenters. The lowest BCUT2D eigenvalue weighted by atomic mass is 10.0. The first-order valence-corrected chi connectivity index (χ1v) is 17.3. The minimum absolute atomic E-state index is 0.889. The Labute approximate surface area is 234 Å². The van der Waals surface area contributed by atoms with Gasteiger partial charge in [0.2, 0.25) is 0 Å². The molecule has 0 amide bonds. The van der Waals surface area contributed by atoms with Gasteiger partial charge in [-0.3, -0.25) is 0 Å². The van der Waals surface area contributed by atoms with Crippen LogP contribution in [0.2, 0.25) is 0 Å². The third-order valence-corrected chi connectivity index (χ3v) is 8.30. The van der Waals surface area contributed by atoms with Crippen molar-refractivity contribution in [3.05, 3.63) is 18.2 Å². The summed E-state index contributed by atoms with van der Waals surface area (Å²) in [5, 5.41) is 0. The quantitative estimate of drug-likeness (QED) is 0.0805. The standard InChI is InChI=1S/C35H68N2/c1-4-5-6-7-8-9-16-19-22-25-28-32-37-33-31-36-35(37)30-27-24-21-18-15-13-11-10-12-14-17-20-23-26-29-34(2)3/h31,33-34H,4-30,32H2,1-3H3/p+1. The van der Waals surface area contributed by atoms with Crippen molar-refractivity contribution in [3.63, 3.8) is 0 Å². The summed E-state index contributed by atoms with van der Waals surface area (Å²) in [4.78, 5) is 3.51. The van der Waals surface area contributed by atoms with Crippen LogP contribution in [0.4, 0.5) is 0 Å². The van der Waals surface area contributed by atoms with Crippen LogP contribution in [0.3, 0.4) is 0 Å². The molecule has 0 aliphatic heterocycles. The molecular formula is C35H69N2+. The molecule has 0 radical (unpaired) electrons. The average molecular weight is 518 g/mol. The van der Waals surface area contributed by atoms with E-state index in [0.29, 0.717) is 0 Å². The van der Waals surface area contributed by atoms with Gasteiger partial charge in [0, 0.05) is 6.42 Å². The molecule has 2 heteroatoms. The second kappa shape index (κ2) is 26.8. The van der Waals surface area contributed by atoms with Crippen LogP contribution in [-0.2, 0) is 13.0 Å². The van der Waals surface area contributed by atoms with E-state index in [1.165, 1.54) is 186 Å². The molecule has 1 aromatic rings. The van der Waals surface area contributed by atoms with E-state index in [1.54, 1.807) is 0 Å². The first-order chi connectivity index (χ1) is 18.2. The Kier molecular flexibility index (Phi) is 24.8. The van der Waals surface area contributed by atoms with Crippen molar-refractivity contribution in [2.24, 2.45) is 5.92 Å². The zero-order valence-electron chi connectivity index (χ0n) is 26.0. The molecule has 0 fully saturated rings. The summed E-state index contributed by atoms with van der Waals surface area (Å²) in [5.74, 6) is 2.34. The summed E-state index contributed by atoms with van der Waals surface area (Å²) in [7, 11) is 0. The number of rotatable bonds is 29. The van der Waals surface area contributed by atoms with Crippen LogP contribution in [-0.4, -0.2) is 4.98 Å². The third-order valence-electron chi connectivity index (χ3n) is 8.30. The van der Waals surface area contributed by atoms with Crippen LogP contribution in [0.1, 0.15) is 194 Å². The topological polar surface area (TPSA) is 19.7 Å². The summed E-state index contributed by atoms with van der Waals surface area (Å²) >= 11 is 0. The molecule has 0 saturated heterocycles. The maximum absolute atomic E-state index is 3.51. The van der Waals surface area contributed by atoms with Crippen molar-refractivity contribution >= 4 is 0 Å². The Morgan fingerprint density at radius 2 is 0.946 bits per heavy atom. The lowest BCUT2D eigenvalue weighted by Gasteiger charge is -2.05. The van der Waals surface area contributed by atoms with Gasteiger partial charge in [-0.15, -0.1) is 0 Å². The highest BCUT2D eigenvalue weighted by Crippen LogP contribution is 2.15. The first-order valence-electron chi connectivity index (χ1n) is 17.3. The fourth-order valence-corrected chi connectivity index (χ4v) is 5.73.